The molecule has 1 aromatic heterocycles. The lowest BCUT2D eigenvalue weighted by atomic mass is 9.98. The van der Waals surface area contributed by atoms with Gasteiger partial charge in [0, 0.05) is 24.1 Å². The van der Waals surface area contributed by atoms with Crippen LogP contribution in [0.5, 0.6) is 0 Å². The van der Waals surface area contributed by atoms with Crippen molar-refractivity contribution in [2.45, 2.75) is 37.7 Å². The van der Waals surface area contributed by atoms with Crippen LogP contribution in [0.4, 0.5) is 5.69 Å². The van der Waals surface area contributed by atoms with Crippen LogP contribution in [0.15, 0.2) is 39.9 Å². The molecule has 3 heterocycles. The zero-order chi connectivity index (χ0) is 19.1. The summed E-state index contributed by atoms with van der Waals surface area (Å²) in [6.07, 6.45) is -2.15. The van der Waals surface area contributed by atoms with Crippen molar-refractivity contribution in [1.29, 1.82) is 0 Å². The zero-order valence-electron chi connectivity index (χ0n) is 14.5. The molecule has 27 heavy (non-hydrogen) atoms. The van der Waals surface area contributed by atoms with Gasteiger partial charge in [0.15, 0.2) is 0 Å². The van der Waals surface area contributed by atoms with Gasteiger partial charge in [0.2, 0.25) is 0 Å². The Labute approximate surface area is 154 Å². The Kier molecular flexibility index (Phi) is 4.42. The van der Waals surface area contributed by atoms with E-state index in [9.17, 15) is 20.3 Å². The van der Waals surface area contributed by atoms with E-state index in [1.807, 2.05) is 6.07 Å². The monoisotopic (exact) mass is 373 g/mol. The van der Waals surface area contributed by atoms with Crippen molar-refractivity contribution in [3.63, 3.8) is 0 Å². The van der Waals surface area contributed by atoms with Gasteiger partial charge < -0.3 is 24.8 Å². The van der Waals surface area contributed by atoms with Crippen LogP contribution in [0.1, 0.15) is 41.2 Å². The molecule has 2 aliphatic rings. The van der Waals surface area contributed by atoms with Gasteiger partial charge in [0.1, 0.15) is 29.8 Å². The van der Waals surface area contributed by atoms with Crippen LogP contribution in [0.3, 0.4) is 0 Å². The Bertz CT molecular complexity index is 908. The Hall–Kier alpha value is -2.75. The summed E-state index contributed by atoms with van der Waals surface area (Å²) in [6, 6.07) is 8.05. The topological polar surface area (TPSA) is 130 Å². The lowest BCUT2D eigenvalue weighted by Gasteiger charge is -2.11. The number of hydrogen-bond acceptors (Lipinski definition) is 8. The van der Waals surface area contributed by atoms with Crippen molar-refractivity contribution >= 4 is 11.4 Å². The number of hydrogen-bond donors (Lipinski definition) is 3. The maximum Gasteiger partial charge on any atom is 0.269 e. The maximum absolute atomic E-state index is 11.0. The van der Waals surface area contributed by atoms with Gasteiger partial charge in [-0.1, -0.05) is 12.1 Å². The van der Waals surface area contributed by atoms with Crippen molar-refractivity contribution in [2.24, 2.45) is 5.10 Å². The van der Waals surface area contributed by atoms with E-state index in [2.05, 4.69) is 10.5 Å². The second-order valence-corrected chi connectivity index (χ2v) is 6.73. The molecule has 0 spiro atoms. The highest BCUT2D eigenvalue weighted by Crippen LogP contribution is 2.34. The van der Waals surface area contributed by atoms with E-state index < -0.39 is 23.2 Å². The third kappa shape index (κ3) is 3.20. The Morgan fingerprint density at radius 3 is 2.85 bits per heavy atom. The highest BCUT2D eigenvalue weighted by molar-refractivity contribution is 6.02. The number of nitro groups is 1. The number of furan rings is 1. The predicted octanol–water partition coefficient (Wildman–Crippen LogP) is 1.73. The van der Waals surface area contributed by atoms with E-state index in [4.69, 9.17) is 9.15 Å². The molecule has 0 saturated carbocycles. The third-order valence-electron chi connectivity index (χ3n) is 4.92. The normalized spacial score (nSPS) is 27.4. The van der Waals surface area contributed by atoms with Gasteiger partial charge >= 0.3 is 0 Å². The quantitative estimate of drug-likeness (QED) is 0.549. The number of rotatable bonds is 4. The molecule has 0 bridgehead atoms. The first kappa shape index (κ1) is 17.7. The SMILES string of the molecule is Cc1oc([C@@H]2OC[C@@H](O)[C@H]2O)cc1C1=NNC(c2cccc([N+](=O)[O-])c2)C1. The molecule has 0 amide bonds. The first-order valence-corrected chi connectivity index (χ1v) is 8.59. The van der Waals surface area contributed by atoms with Gasteiger partial charge in [-0.15, -0.1) is 0 Å². The van der Waals surface area contributed by atoms with Crippen LogP contribution in [0.25, 0.3) is 0 Å². The fraction of sp³-hybridized carbons (Fsp3) is 0.389. The number of ether oxygens (including phenoxy) is 1. The summed E-state index contributed by atoms with van der Waals surface area (Å²) < 4.78 is 11.1. The van der Waals surface area contributed by atoms with E-state index >= 15 is 0 Å². The fourth-order valence-electron chi connectivity index (χ4n) is 3.44. The van der Waals surface area contributed by atoms with E-state index in [1.54, 1.807) is 19.1 Å². The molecule has 4 rings (SSSR count). The smallest absolute Gasteiger partial charge is 0.269 e. The summed E-state index contributed by atoms with van der Waals surface area (Å²) in [5.74, 6) is 1.07. The minimum Gasteiger partial charge on any atom is -0.463 e. The number of aliphatic hydroxyl groups is 2. The summed E-state index contributed by atoms with van der Waals surface area (Å²) in [4.78, 5) is 10.5. The van der Waals surface area contributed by atoms with Crippen LogP contribution >= 0.6 is 0 Å². The van der Waals surface area contributed by atoms with E-state index in [1.165, 1.54) is 12.1 Å². The summed E-state index contributed by atoms with van der Waals surface area (Å²) in [7, 11) is 0. The van der Waals surface area contributed by atoms with Crippen molar-refractivity contribution in [3.8, 4) is 0 Å². The Balaban J connectivity index is 1.53. The van der Waals surface area contributed by atoms with Crippen LogP contribution in [-0.2, 0) is 4.74 Å². The minimum absolute atomic E-state index is 0.0375. The lowest BCUT2D eigenvalue weighted by molar-refractivity contribution is -0.384. The predicted molar refractivity (Wildman–Crippen MR) is 94.3 cm³/mol. The number of aryl methyl sites for hydroxylation is 1. The summed E-state index contributed by atoms with van der Waals surface area (Å²) in [5, 5.41) is 35.0. The van der Waals surface area contributed by atoms with Crippen LogP contribution in [0.2, 0.25) is 0 Å². The molecule has 9 nitrogen and oxygen atoms in total. The summed E-state index contributed by atoms with van der Waals surface area (Å²) >= 11 is 0. The number of nitrogens with zero attached hydrogens (tertiary/aromatic N) is 2. The molecule has 2 aromatic rings. The minimum atomic E-state index is -1.04. The van der Waals surface area contributed by atoms with Gasteiger partial charge in [-0.3, -0.25) is 10.1 Å². The molecule has 142 valence electrons. The van der Waals surface area contributed by atoms with Crippen LogP contribution < -0.4 is 5.43 Å². The Morgan fingerprint density at radius 1 is 1.33 bits per heavy atom. The van der Waals surface area contributed by atoms with Gasteiger partial charge in [-0.25, -0.2) is 0 Å². The van der Waals surface area contributed by atoms with Gasteiger partial charge in [-0.2, -0.15) is 5.10 Å². The molecule has 2 aliphatic heterocycles. The number of aliphatic hydroxyl groups excluding tert-OH is 2. The molecule has 1 saturated heterocycles. The number of nitro benzene ring substituents is 1. The number of nitrogens with one attached hydrogen (secondary N) is 1. The molecular formula is C18H19N3O6. The third-order valence-corrected chi connectivity index (χ3v) is 4.92. The number of benzene rings is 1. The standard InChI is InChI=1S/C18H19N3O6/c1-9-12(6-16(27-9)18-17(23)15(22)8-26-18)14-7-13(19-20-14)10-3-2-4-11(5-10)21(24)25/h2-6,13,15,17-19,22-23H,7-8H2,1H3/t13?,15-,17-,18+/m1/s1. The first-order valence-electron chi connectivity index (χ1n) is 8.59. The second kappa shape index (κ2) is 6.76. The molecule has 0 radical (unpaired) electrons. The van der Waals surface area contributed by atoms with Crippen LogP contribution in [-0.4, -0.2) is 39.7 Å². The van der Waals surface area contributed by atoms with Gasteiger partial charge in [-0.05, 0) is 18.6 Å². The molecule has 3 N–H and O–H groups in total. The van der Waals surface area contributed by atoms with Crippen LogP contribution in [0, 0.1) is 17.0 Å². The van der Waals surface area contributed by atoms with Crippen molar-refractivity contribution in [2.75, 3.05) is 6.61 Å². The highest BCUT2D eigenvalue weighted by Gasteiger charge is 2.38. The van der Waals surface area contributed by atoms with Gasteiger partial charge in [0.05, 0.1) is 23.3 Å². The molecule has 1 aromatic carbocycles. The van der Waals surface area contributed by atoms with E-state index in [0.717, 1.165) is 16.8 Å². The average molecular weight is 373 g/mol. The fourth-order valence-corrected chi connectivity index (χ4v) is 3.44. The largest absolute Gasteiger partial charge is 0.463 e. The molecule has 9 heteroatoms. The maximum atomic E-state index is 11.0. The van der Waals surface area contributed by atoms with E-state index in [0.29, 0.717) is 17.9 Å². The van der Waals surface area contributed by atoms with Crippen molar-refractivity contribution in [1.82, 2.24) is 5.43 Å². The molecular weight excluding hydrogens is 354 g/mol. The van der Waals surface area contributed by atoms with Crippen molar-refractivity contribution in [3.05, 3.63) is 63.1 Å². The number of non-ortho nitro benzene ring substituents is 1. The zero-order valence-corrected chi connectivity index (χ0v) is 14.5. The molecule has 4 atom stereocenters. The van der Waals surface area contributed by atoms with E-state index in [-0.39, 0.29) is 18.3 Å². The highest BCUT2D eigenvalue weighted by atomic mass is 16.6. The lowest BCUT2D eigenvalue weighted by Crippen LogP contribution is -2.24. The first-order chi connectivity index (χ1) is 12.9. The molecule has 1 fully saturated rings. The summed E-state index contributed by atoms with van der Waals surface area (Å²) in [5.41, 5.74) is 5.37. The Morgan fingerprint density at radius 2 is 2.15 bits per heavy atom. The number of hydrazone groups is 1. The second-order valence-electron chi connectivity index (χ2n) is 6.73. The molecule has 1 unspecified atom stereocenters. The van der Waals surface area contributed by atoms with Gasteiger partial charge in [0.25, 0.3) is 5.69 Å². The molecule has 0 aliphatic carbocycles. The average Bonchev–Trinajstić information content (AvgIpc) is 3.35. The van der Waals surface area contributed by atoms with Crippen molar-refractivity contribution < 1.29 is 24.3 Å². The summed E-state index contributed by atoms with van der Waals surface area (Å²) in [6.45, 7) is 1.85.